The molecule has 0 saturated heterocycles. The van der Waals surface area contributed by atoms with Crippen LogP contribution in [0.2, 0.25) is 0 Å². The molecule has 202 valence electrons. The SMILES string of the molecule is CC(C)=CCC/C(C)=C/CC[C@]1(C)Oc2c(c(O)cc3c2CN([C@@H](CCC(N)=O)C(=O)O)C3=O)C[C@@H]1O. The van der Waals surface area contributed by atoms with Crippen LogP contribution in [0.25, 0.3) is 0 Å². The molecule has 0 spiro atoms. The molecule has 3 rings (SSSR count). The minimum atomic E-state index is -1.25. The van der Waals surface area contributed by atoms with Crippen molar-refractivity contribution in [2.45, 2.75) is 96.9 Å². The number of phenols is 1. The van der Waals surface area contributed by atoms with Crippen molar-refractivity contribution in [2.24, 2.45) is 5.73 Å². The van der Waals surface area contributed by atoms with E-state index in [2.05, 4.69) is 32.9 Å². The van der Waals surface area contributed by atoms with Crippen LogP contribution >= 0.6 is 0 Å². The minimum absolute atomic E-state index is 0.0396. The summed E-state index contributed by atoms with van der Waals surface area (Å²) < 4.78 is 6.34. The Balaban J connectivity index is 1.83. The van der Waals surface area contributed by atoms with Crippen molar-refractivity contribution in [3.63, 3.8) is 0 Å². The van der Waals surface area contributed by atoms with Gasteiger partial charge in [0.25, 0.3) is 5.91 Å². The average molecular weight is 515 g/mol. The van der Waals surface area contributed by atoms with Gasteiger partial charge in [0.1, 0.15) is 23.1 Å². The molecule has 0 aliphatic carbocycles. The standard InChI is InChI=1S/C28H38N2O7/c1-16(2)7-5-8-17(3)9-6-12-28(4)23(32)14-19-22(31)13-18-20(25(19)37-28)15-30(26(18)34)21(27(35)36)10-11-24(29)33/h7,9,13,21,23,31-32H,5-6,8,10-12,14-15H2,1-4H3,(H2,29,33)(H,35,36)/b17-9+/t21-,23-,28-/m0/s1. The minimum Gasteiger partial charge on any atom is -0.508 e. The first-order valence-electron chi connectivity index (χ1n) is 12.7. The van der Waals surface area contributed by atoms with Crippen molar-refractivity contribution in [1.82, 2.24) is 4.90 Å². The summed E-state index contributed by atoms with van der Waals surface area (Å²) in [7, 11) is 0. The van der Waals surface area contributed by atoms with Crippen LogP contribution in [0, 0.1) is 0 Å². The number of carboxylic acid groups (broad SMARTS) is 1. The zero-order chi connectivity index (χ0) is 27.5. The van der Waals surface area contributed by atoms with Crippen molar-refractivity contribution in [3.8, 4) is 11.5 Å². The van der Waals surface area contributed by atoms with Crippen LogP contribution < -0.4 is 10.5 Å². The summed E-state index contributed by atoms with van der Waals surface area (Å²) in [6.45, 7) is 8.00. The normalized spacial score (nSPS) is 21.6. The van der Waals surface area contributed by atoms with E-state index in [9.17, 15) is 29.7 Å². The van der Waals surface area contributed by atoms with Gasteiger partial charge in [-0.15, -0.1) is 0 Å². The van der Waals surface area contributed by atoms with Gasteiger partial charge in [0.05, 0.1) is 18.2 Å². The number of aliphatic hydroxyl groups excluding tert-OH is 1. The van der Waals surface area contributed by atoms with Crippen LogP contribution in [0.5, 0.6) is 11.5 Å². The Bertz CT molecular complexity index is 1140. The number of allylic oxidation sites excluding steroid dienone is 4. The zero-order valence-electron chi connectivity index (χ0n) is 22.0. The van der Waals surface area contributed by atoms with E-state index in [1.807, 2.05) is 6.92 Å². The number of hydrogen-bond donors (Lipinski definition) is 4. The number of hydrogen-bond acceptors (Lipinski definition) is 6. The highest BCUT2D eigenvalue weighted by Gasteiger charge is 2.45. The van der Waals surface area contributed by atoms with E-state index in [1.54, 1.807) is 0 Å². The first kappa shape index (κ1) is 28.2. The number of carboxylic acids is 1. The molecule has 0 saturated carbocycles. The van der Waals surface area contributed by atoms with Gasteiger partial charge in [0.2, 0.25) is 5.91 Å². The quantitative estimate of drug-likeness (QED) is 0.330. The molecule has 37 heavy (non-hydrogen) atoms. The molecule has 2 amide bonds. The number of phenolic OH excluding ortho intramolecular Hbond substituents is 1. The van der Waals surface area contributed by atoms with Gasteiger partial charge in [-0.25, -0.2) is 4.79 Å². The fraction of sp³-hybridized carbons (Fsp3) is 0.536. The Labute approximate surface area is 217 Å². The third kappa shape index (κ3) is 6.33. The molecule has 1 aromatic rings. The first-order chi connectivity index (χ1) is 17.3. The fourth-order valence-electron chi connectivity index (χ4n) is 4.96. The molecular weight excluding hydrogens is 476 g/mol. The summed E-state index contributed by atoms with van der Waals surface area (Å²) in [6, 6.07) is 0.0612. The summed E-state index contributed by atoms with van der Waals surface area (Å²) in [4.78, 5) is 37.4. The number of primary amides is 1. The molecular formula is C28H38N2O7. The maximum atomic E-state index is 13.1. The lowest BCUT2D eigenvalue weighted by atomic mass is 9.84. The number of benzene rings is 1. The largest absolute Gasteiger partial charge is 0.508 e. The molecule has 1 aromatic carbocycles. The van der Waals surface area contributed by atoms with Gasteiger partial charge in [-0.05, 0) is 65.9 Å². The topological polar surface area (TPSA) is 150 Å². The lowest BCUT2D eigenvalue weighted by Gasteiger charge is -2.41. The van der Waals surface area contributed by atoms with E-state index in [0.717, 1.165) is 12.8 Å². The number of amides is 2. The molecule has 9 nitrogen and oxygen atoms in total. The summed E-state index contributed by atoms with van der Waals surface area (Å²) >= 11 is 0. The number of carbonyl (C=O) groups excluding carboxylic acids is 2. The summed E-state index contributed by atoms with van der Waals surface area (Å²) in [5, 5.41) is 31.3. The molecule has 5 N–H and O–H groups in total. The van der Waals surface area contributed by atoms with E-state index in [0.29, 0.717) is 29.7 Å². The summed E-state index contributed by atoms with van der Waals surface area (Å²) in [6.07, 6.45) is 6.45. The number of fused-ring (bicyclic) bond motifs is 3. The molecule has 0 radical (unpaired) electrons. The maximum absolute atomic E-state index is 13.1. The number of ether oxygens (including phenoxy) is 1. The molecule has 0 bridgehead atoms. The van der Waals surface area contributed by atoms with E-state index in [1.165, 1.54) is 22.1 Å². The Morgan fingerprint density at radius 1 is 1.22 bits per heavy atom. The summed E-state index contributed by atoms with van der Waals surface area (Å²) in [5.41, 5.74) is 7.81. The van der Waals surface area contributed by atoms with Gasteiger partial charge in [0, 0.05) is 24.0 Å². The molecule has 9 heteroatoms. The second kappa shape index (κ2) is 11.4. The monoisotopic (exact) mass is 514 g/mol. The lowest BCUT2D eigenvalue weighted by Crippen LogP contribution is -2.49. The zero-order valence-corrected chi connectivity index (χ0v) is 22.0. The molecule has 2 aliphatic rings. The van der Waals surface area contributed by atoms with E-state index < -0.39 is 35.5 Å². The van der Waals surface area contributed by atoms with Crippen molar-refractivity contribution >= 4 is 17.8 Å². The van der Waals surface area contributed by atoms with E-state index in [4.69, 9.17) is 10.5 Å². The van der Waals surface area contributed by atoms with Crippen LogP contribution in [0.3, 0.4) is 0 Å². The number of rotatable bonds is 11. The molecule has 2 aliphatic heterocycles. The number of carbonyl (C=O) groups is 3. The van der Waals surface area contributed by atoms with Gasteiger partial charge in [-0.1, -0.05) is 23.3 Å². The Morgan fingerprint density at radius 2 is 1.92 bits per heavy atom. The summed E-state index contributed by atoms with van der Waals surface area (Å²) in [5.74, 6) is -2.31. The Kier molecular flexibility index (Phi) is 8.68. The van der Waals surface area contributed by atoms with Crippen LogP contribution in [0.1, 0.15) is 87.7 Å². The number of nitrogens with zero attached hydrogens (tertiary/aromatic N) is 1. The van der Waals surface area contributed by atoms with Crippen molar-refractivity contribution in [2.75, 3.05) is 0 Å². The predicted molar refractivity (Wildman–Crippen MR) is 138 cm³/mol. The third-order valence-corrected chi connectivity index (χ3v) is 7.27. The highest BCUT2D eigenvalue weighted by Crippen LogP contribution is 2.46. The molecule has 0 aromatic heterocycles. The van der Waals surface area contributed by atoms with Crippen LogP contribution in [-0.4, -0.2) is 55.8 Å². The van der Waals surface area contributed by atoms with E-state index >= 15 is 0 Å². The Morgan fingerprint density at radius 3 is 2.54 bits per heavy atom. The average Bonchev–Trinajstić information content (AvgIpc) is 3.11. The second-order valence-corrected chi connectivity index (χ2v) is 10.6. The van der Waals surface area contributed by atoms with Gasteiger partial charge < -0.3 is 30.7 Å². The molecule has 0 unspecified atom stereocenters. The van der Waals surface area contributed by atoms with Gasteiger partial charge >= 0.3 is 5.97 Å². The number of aliphatic hydroxyl groups is 1. The first-order valence-corrected chi connectivity index (χ1v) is 12.7. The highest BCUT2D eigenvalue weighted by atomic mass is 16.5. The van der Waals surface area contributed by atoms with Gasteiger partial charge in [-0.3, -0.25) is 9.59 Å². The molecule has 2 heterocycles. The van der Waals surface area contributed by atoms with E-state index in [-0.39, 0.29) is 37.1 Å². The maximum Gasteiger partial charge on any atom is 0.326 e. The third-order valence-electron chi connectivity index (χ3n) is 7.27. The number of aromatic hydroxyl groups is 1. The molecule has 0 fully saturated rings. The predicted octanol–water partition coefficient (Wildman–Crippen LogP) is 3.59. The molecule has 3 atom stereocenters. The lowest BCUT2D eigenvalue weighted by molar-refractivity contribution is -0.142. The van der Waals surface area contributed by atoms with Crippen molar-refractivity contribution < 1.29 is 34.4 Å². The van der Waals surface area contributed by atoms with Crippen LogP contribution in [-0.2, 0) is 22.6 Å². The van der Waals surface area contributed by atoms with Crippen molar-refractivity contribution in [3.05, 3.63) is 46.1 Å². The highest BCUT2D eigenvalue weighted by molar-refractivity contribution is 6.02. The van der Waals surface area contributed by atoms with Crippen LogP contribution in [0.4, 0.5) is 0 Å². The number of aliphatic carboxylic acids is 1. The smallest absolute Gasteiger partial charge is 0.326 e. The Hall–Kier alpha value is -3.33. The second-order valence-electron chi connectivity index (χ2n) is 10.6. The van der Waals surface area contributed by atoms with Crippen LogP contribution in [0.15, 0.2) is 29.4 Å². The van der Waals surface area contributed by atoms with Gasteiger partial charge in [0.15, 0.2) is 0 Å². The number of nitrogens with two attached hydrogens (primary N) is 1. The van der Waals surface area contributed by atoms with Crippen molar-refractivity contribution in [1.29, 1.82) is 0 Å². The van der Waals surface area contributed by atoms with Gasteiger partial charge in [-0.2, -0.15) is 0 Å². The fourth-order valence-corrected chi connectivity index (χ4v) is 4.96.